The molecule has 1 aliphatic carbocycles. The largest absolute Gasteiger partial charge is 0.324 e. The molecule has 1 aromatic rings. The summed E-state index contributed by atoms with van der Waals surface area (Å²) >= 11 is 12.4. The first kappa shape index (κ1) is 13.2. The lowest BCUT2D eigenvalue weighted by Crippen LogP contribution is -2.26. The van der Waals surface area contributed by atoms with Crippen molar-refractivity contribution in [1.82, 2.24) is 0 Å². The van der Waals surface area contributed by atoms with Crippen molar-refractivity contribution < 1.29 is 0 Å². The van der Waals surface area contributed by atoms with Crippen molar-refractivity contribution in [1.29, 1.82) is 0 Å². The third-order valence-electron chi connectivity index (χ3n) is 3.90. The minimum absolute atomic E-state index is 0.0244. The molecule has 1 saturated carbocycles. The molecule has 1 atom stereocenters. The van der Waals surface area contributed by atoms with Gasteiger partial charge in [0.25, 0.3) is 0 Å². The number of rotatable bonds is 2. The van der Waals surface area contributed by atoms with Gasteiger partial charge < -0.3 is 5.73 Å². The van der Waals surface area contributed by atoms with Gasteiger partial charge in [0.2, 0.25) is 0 Å². The van der Waals surface area contributed by atoms with Crippen molar-refractivity contribution in [2.75, 3.05) is 0 Å². The highest BCUT2D eigenvalue weighted by molar-refractivity contribution is 6.36. The number of nitrogens with two attached hydrogens (primary N) is 1. The molecule has 0 aliphatic heterocycles. The number of benzene rings is 1. The predicted octanol–water partition coefficient (Wildman–Crippen LogP) is 4.82. The maximum atomic E-state index is 6.35. The van der Waals surface area contributed by atoms with Crippen LogP contribution in [0.1, 0.15) is 44.2 Å². The normalized spacial score (nSPS) is 26.8. The fraction of sp³-hybridized carbons (Fsp3) is 0.571. The fourth-order valence-corrected chi connectivity index (χ4v) is 3.36. The summed E-state index contributed by atoms with van der Waals surface area (Å²) in [6, 6.07) is 5.58. The second-order valence-corrected chi connectivity index (χ2v) is 6.00. The summed E-state index contributed by atoms with van der Waals surface area (Å²) in [6.45, 7) is 2.31. The first-order valence-corrected chi connectivity index (χ1v) is 7.04. The molecule has 2 rings (SSSR count). The van der Waals surface area contributed by atoms with Gasteiger partial charge in [0.15, 0.2) is 0 Å². The van der Waals surface area contributed by atoms with Crippen LogP contribution in [-0.2, 0) is 0 Å². The second kappa shape index (κ2) is 5.60. The molecule has 17 heavy (non-hydrogen) atoms. The second-order valence-electron chi connectivity index (χ2n) is 5.18. The van der Waals surface area contributed by atoms with Gasteiger partial charge in [0.05, 0.1) is 0 Å². The molecule has 1 unspecified atom stereocenters. The Bertz CT molecular complexity index is 364. The molecule has 2 N–H and O–H groups in total. The molecule has 94 valence electrons. The Labute approximate surface area is 113 Å². The lowest BCUT2D eigenvalue weighted by molar-refractivity contribution is 0.256. The van der Waals surface area contributed by atoms with Crippen molar-refractivity contribution in [3.8, 4) is 0 Å². The molecule has 0 spiro atoms. The Hall–Kier alpha value is -0.240. The zero-order valence-corrected chi connectivity index (χ0v) is 11.6. The van der Waals surface area contributed by atoms with Crippen LogP contribution >= 0.6 is 23.2 Å². The molecule has 3 heteroatoms. The molecule has 0 saturated heterocycles. The minimum atomic E-state index is -0.0244. The maximum Gasteiger partial charge on any atom is 0.0468 e. The van der Waals surface area contributed by atoms with Crippen LogP contribution < -0.4 is 5.73 Å². The van der Waals surface area contributed by atoms with Gasteiger partial charge in [-0.2, -0.15) is 0 Å². The average molecular weight is 272 g/mol. The van der Waals surface area contributed by atoms with Crippen molar-refractivity contribution in [3.63, 3.8) is 0 Å². The van der Waals surface area contributed by atoms with E-state index in [0.717, 1.165) is 11.5 Å². The zero-order chi connectivity index (χ0) is 12.4. The van der Waals surface area contributed by atoms with Crippen molar-refractivity contribution in [2.24, 2.45) is 17.6 Å². The van der Waals surface area contributed by atoms with Crippen LogP contribution in [0.2, 0.25) is 10.0 Å². The van der Waals surface area contributed by atoms with Gasteiger partial charge >= 0.3 is 0 Å². The predicted molar refractivity (Wildman–Crippen MR) is 74.5 cm³/mol. The van der Waals surface area contributed by atoms with Crippen molar-refractivity contribution in [2.45, 2.75) is 38.6 Å². The van der Waals surface area contributed by atoms with Crippen LogP contribution in [0, 0.1) is 11.8 Å². The van der Waals surface area contributed by atoms with Crippen molar-refractivity contribution in [3.05, 3.63) is 33.8 Å². The standard InChI is InChI=1S/C14H19Cl2N/c1-9-5-7-10(8-6-9)14(17)13-11(15)3-2-4-12(13)16/h2-4,9-10,14H,5-8,17H2,1H3. The molecule has 0 heterocycles. The summed E-state index contributed by atoms with van der Waals surface area (Å²) in [5.41, 5.74) is 7.27. The Morgan fingerprint density at radius 3 is 2.18 bits per heavy atom. The molecule has 1 fully saturated rings. The van der Waals surface area contributed by atoms with Crippen LogP contribution in [0.3, 0.4) is 0 Å². The first-order chi connectivity index (χ1) is 8.09. The molecule has 0 radical (unpaired) electrons. The fourth-order valence-electron chi connectivity index (χ4n) is 2.71. The number of halogens is 2. The molecule has 0 amide bonds. The molecule has 0 aromatic heterocycles. The summed E-state index contributed by atoms with van der Waals surface area (Å²) in [5, 5.41) is 1.40. The van der Waals surface area contributed by atoms with E-state index in [2.05, 4.69) is 6.92 Å². The molecule has 1 aromatic carbocycles. The smallest absolute Gasteiger partial charge is 0.0468 e. The van der Waals surface area contributed by atoms with E-state index in [1.807, 2.05) is 18.2 Å². The van der Waals surface area contributed by atoms with Gasteiger partial charge in [0, 0.05) is 21.7 Å². The highest BCUT2D eigenvalue weighted by atomic mass is 35.5. The molecular formula is C14H19Cl2N. The average Bonchev–Trinajstić information content (AvgIpc) is 2.29. The zero-order valence-electron chi connectivity index (χ0n) is 10.1. The van der Waals surface area contributed by atoms with Gasteiger partial charge in [-0.25, -0.2) is 0 Å². The Morgan fingerprint density at radius 1 is 1.12 bits per heavy atom. The van der Waals surface area contributed by atoms with Crippen LogP contribution in [0.25, 0.3) is 0 Å². The van der Waals surface area contributed by atoms with E-state index < -0.39 is 0 Å². The lowest BCUT2D eigenvalue weighted by Gasteiger charge is -2.31. The van der Waals surface area contributed by atoms with Crippen molar-refractivity contribution >= 4 is 23.2 Å². The Kier molecular flexibility index (Phi) is 4.35. The first-order valence-electron chi connectivity index (χ1n) is 6.29. The molecule has 1 aliphatic rings. The quantitative estimate of drug-likeness (QED) is 0.820. The third-order valence-corrected chi connectivity index (χ3v) is 4.56. The monoisotopic (exact) mass is 271 g/mol. The van der Waals surface area contributed by atoms with Gasteiger partial charge in [0.1, 0.15) is 0 Å². The highest BCUT2D eigenvalue weighted by Crippen LogP contribution is 2.39. The summed E-state index contributed by atoms with van der Waals surface area (Å²) in [7, 11) is 0. The van der Waals surface area contributed by atoms with E-state index in [1.165, 1.54) is 25.7 Å². The third kappa shape index (κ3) is 2.96. The van der Waals surface area contributed by atoms with Gasteiger partial charge in [-0.3, -0.25) is 0 Å². The number of hydrogen-bond donors (Lipinski definition) is 1. The van der Waals surface area contributed by atoms with Crippen LogP contribution in [0.15, 0.2) is 18.2 Å². The lowest BCUT2D eigenvalue weighted by atomic mass is 9.77. The van der Waals surface area contributed by atoms with E-state index in [1.54, 1.807) is 0 Å². The maximum absolute atomic E-state index is 6.35. The summed E-state index contributed by atoms with van der Waals surface area (Å²) in [4.78, 5) is 0. The van der Waals surface area contributed by atoms with Gasteiger partial charge in [-0.1, -0.05) is 49.0 Å². The van der Waals surface area contributed by atoms with Gasteiger partial charge in [-0.05, 0) is 36.8 Å². The SMILES string of the molecule is CC1CCC(C(N)c2c(Cl)cccc2Cl)CC1. The van der Waals surface area contributed by atoms with E-state index >= 15 is 0 Å². The Morgan fingerprint density at radius 2 is 1.65 bits per heavy atom. The molecular weight excluding hydrogens is 253 g/mol. The van der Waals surface area contributed by atoms with Crippen LogP contribution in [-0.4, -0.2) is 0 Å². The minimum Gasteiger partial charge on any atom is -0.324 e. The van der Waals surface area contributed by atoms with Crippen LogP contribution in [0.5, 0.6) is 0 Å². The van der Waals surface area contributed by atoms with Crippen LogP contribution in [0.4, 0.5) is 0 Å². The van der Waals surface area contributed by atoms with E-state index in [0.29, 0.717) is 16.0 Å². The van der Waals surface area contributed by atoms with E-state index in [9.17, 15) is 0 Å². The van der Waals surface area contributed by atoms with Gasteiger partial charge in [-0.15, -0.1) is 0 Å². The molecule has 1 nitrogen and oxygen atoms in total. The highest BCUT2D eigenvalue weighted by Gasteiger charge is 2.27. The summed E-state index contributed by atoms with van der Waals surface area (Å²) in [5.74, 6) is 1.35. The topological polar surface area (TPSA) is 26.0 Å². The van der Waals surface area contributed by atoms with E-state index in [-0.39, 0.29) is 6.04 Å². The Balaban J connectivity index is 2.16. The summed E-state index contributed by atoms with van der Waals surface area (Å²) < 4.78 is 0. The summed E-state index contributed by atoms with van der Waals surface area (Å²) in [6.07, 6.45) is 4.90. The van der Waals surface area contributed by atoms with E-state index in [4.69, 9.17) is 28.9 Å². The number of hydrogen-bond acceptors (Lipinski definition) is 1. The molecule has 0 bridgehead atoms.